The molecule has 2 aromatic rings. The first-order valence-corrected chi connectivity index (χ1v) is 10.4. The molecule has 4 amide bonds. The number of aromatic nitrogens is 1. The molecule has 0 saturated carbocycles. The van der Waals surface area contributed by atoms with Crippen LogP contribution in [0.1, 0.15) is 39.3 Å². The third kappa shape index (κ3) is 4.30. The SMILES string of the molecule is CC(C)(C)OC(=O)N1CCCC2(C1)NC(=O)N(Cc1coc(-c3ccc(F)cc3)n1)C2=O. The molecule has 2 aliphatic heterocycles. The number of halogens is 1. The van der Waals surface area contributed by atoms with Gasteiger partial charge in [0.05, 0.1) is 18.8 Å². The van der Waals surface area contributed by atoms with E-state index >= 15 is 0 Å². The van der Waals surface area contributed by atoms with E-state index in [1.165, 1.54) is 35.4 Å². The highest BCUT2D eigenvalue weighted by atomic mass is 19.1. The first kappa shape index (κ1) is 21.8. The number of oxazole rings is 1. The Balaban J connectivity index is 1.47. The summed E-state index contributed by atoms with van der Waals surface area (Å²) in [6, 6.07) is 5.09. The first-order chi connectivity index (χ1) is 15.1. The Labute approximate surface area is 184 Å². The zero-order valence-corrected chi connectivity index (χ0v) is 18.2. The molecule has 0 radical (unpaired) electrons. The molecule has 9 nitrogen and oxygen atoms in total. The number of rotatable bonds is 3. The Kier molecular flexibility index (Phi) is 5.39. The van der Waals surface area contributed by atoms with E-state index in [-0.39, 0.29) is 24.8 Å². The van der Waals surface area contributed by atoms with Crippen LogP contribution >= 0.6 is 0 Å². The van der Waals surface area contributed by atoms with Crippen LogP contribution in [0.2, 0.25) is 0 Å². The number of likely N-dealkylation sites (tertiary alicyclic amines) is 1. The number of hydrogen-bond donors (Lipinski definition) is 1. The Morgan fingerprint density at radius 1 is 1.28 bits per heavy atom. The second-order valence-corrected chi connectivity index (χ2v) is 9.06. The maximum Gasteiger partial charge on any atom is 0.410 e. The Morgan fingerprint density at radius 2 is 2.00 bits per heavy atom. The van der Waals surface area contributed by atoms with Gasteiger partial charge in [0.25, 0.3) is 5.91 Å². The highest BCUT2D eigenvalue weighted by molar-refractivity contribution is 6.07. The van der Waals surface area contributed by atoms with Gasteiger partial charge in [-0.3, -0.25) is 9.69 Å². The van der Waals surface area contributed by atoms with E-state index in [4.69, 9.17) is 9.15 Å². The minimum atomic E-state index is -1.18. The van der Waals surface area contributed by atoms with Crippen molar-refractivity contribution in [2.24, 2.45) is 0 Å². The molecule has 0 aliphatic carbocycles. The highest BCUT2D eigenvalue weighted by Crippen LogP contribution is 2.30. The van der Waals surface area contributed by atoms with E-state index in [2.05, 4.69) is 10.3 Å². The largest absolute Gasteiger partial charge is 0.444 e. The molecule has 1 N–H and O–H groups in total. The second kappa shape index (κ2) is 7.92. The van der Waals surface area contributed by atoms with Crippen molar-refractivity contribution in [1.82, 2.24) is 20.1 Å². The quantitative estimate of drug-likeness (QED) is 0.729. The van der Waals surface area contributed by atoms with E-state index < -0.39 is 29.2 Å². The molecule has 0 bridgehead atoms. The second-order valence-electron chi connectivity index (χ2n) is 9.06. The molecule has 2 saturated heterocycles. The van der Waals surface area contributed by atoms with Crippen molar-refractivity contribution in [3.05, 3.63) is 42.0 Å². The molecule has 1 aromatic carbocycles. The normalized spacial score (nSPS) is 21.2. The van der Waals surface area contributed by atoms with Crippen LogP contribution in [0.3, 0.4) is 0 Å². The molecule has 1 spiro atoms. The number of carbonyl (C=O) groups excluding carboxylic acids is 3. The van der Waals surface area contributed by atoms with Gasteiger partial charge in [0.15, 0.2) is 0 Å². The van der Waals surface area contributed by atoms with E-state index in [0.29, 0.717) is 30.6 Å². The lowest BCUT2D eigenvalue weighted by atomic mass is 9.89. The van der Waals surface area contributed by atoms with Gasteiger partial charge in [-0.25, -0.2) is 19.0 Å². The van der Waals surface area contributed by atoms with Crippen LogP contribution in [0.25, 0.3) is 11.5 Å². The summed E-state index contributed by atoms with van der Waals surface area (Å²) in [5.74, 6) is -0.532. The van der Waals surface area contributed by atoms with Crippen molar-refractivity contribution in [2.45, 2.75) is 51.3 Å². The van der Waals surface area contributed by atoms with E-state index in [0.717, 1.165) is 4.90 Å². The molecule has 2 fully saturated rings. The molecule has 170 valence electrons. The molecule has 1 atom stereocenters. The third-order valence-electron chi connectivity index (χ3n) is 5.35. The number of imide groups is 1. The van der Waals surface area contributed by atoms with Crippen LogP contribution in [-0.2, 0) is 16.1 Å². The fourth-order valence-corrected chi connectivity index (χ4v) is 3.90. The van der Waals surface area contributed by atoms with Crippen molar-refractivity contribution in [3.8, 4) is 11.5 Å². The lowest BCUT2D eigenvalue weighted by molar-refractivity contribution is -0.133. The molecular formula is C22H25FN4O5. The Bertz CT molecular complexity index is 1050. The van der Waals surface area contributed by atoms with E-state index in [1.54, 1.807) is 20.8 Å². The molecule has 4 rings (SSSR count). The predicted molar refractivity (Wildman–Crippen MR) is 111 cm³/mol. The Hall–Kier alpha value is -3.43. The molecule has 1 aromatic heterocycles. The predicted octanol–water partition coefficient (Wildman–Crippen LogP) is 3.30. The average Bonchev–Trinajstić information content (AvgIpc) is 3.27. The average molecular weight is 444 g/mol. The molecule has 10 heteroatoms. The van der Waals surface area contributed by atoms with Gasteiger partial charge in [0.2, 0.25) is 5.89 Å². The van der Waals surface area contributed by atoms with Gasteiger partial charge >= 0.3 is 12.1 Å². The fourth-order valence-electron chi connectivity index (χ4n) is 3.90. The first-order valence-electron chi connectivity index (χ1n) is 10.4. The topological polar surface area (TPSA) is 105 Å². The number of benzene rings is 1. The lowest BCUT2D eigenvalue weighted by Crippen LogP contribution is -2.60. The van der Waals surface area contributed by atoms with Gasteiger partial charge in [-0.1, -0.05) is 0 Å². The summed E-state index contributed by atoms with van der Waals surface area (Å²) in [6.07, 6.45) is 1.82. The fraction of sp³-hybridized carbons (Fsp3) is 0.455. The van der Waals surface area contributed by atoms with Gasteiger partial charge in [-0.15, -0.1) is 0 Å². The maximum atomic E-state index is 13.2. The van der Waals surface area contributed by atoms with Gasteiger partial charge in [0.1, 0.15) is 23.2 Å². The summed E-state index contributed by atoms with van der Waals surface area (Å²) in [4.78, 5) is 45.2. The molecule has 32 heavy (non-hydrogen) atoms. The maximum absolute atomic E-state index is 13.2. The van der Waals surface area contributed by atoms with Gasteiger partial charge < -0.3 is 19.4 Å². The van der Waals surface area contributed by atoms with Crippen LogP contribution in [-0.4, -0.2) is 57.0 Å². The summed E-state index contributed by atoms with van der Waals surface area (Å²) < 4.78 is 24.0. The third-order valence-corrected chi connectivity index (χ3v) is 5.35. The van der Waals surface area contributed by atoms with Crippen LogP contribution < -0.4 is 5.32 Å². The zero-order chi connectivity index (χ0) is 23.1. The number of carbonyl (C=O) groups is 3. The van der Waals surface area contributed by atoms with Crippen molar-refractivity contribution in [3.63, 3.8) is 0 Å². The highest BCUT2D eigenvalue weighted by Gasteiger charge is 2.54. The molecular weight excluding hydrogens is 419 g/mol. The molecule has 3 heterocycles. The van der Waals surface area contributed by atoms with Crippen LogP contribution in [0, 0.1) is 5.82 Å². The number of ether oxygens (including phenoxy) is 1. The zero-order valence-electron chi connectivity index (χ0n) is 18.2. The van der Waals surface area contributed by atoms with Gasteiger partial charge in [-0.2, -0.15) is 0 Å². The molecule has 1 unspecified atom stereocenters. The number of nitrogens with zero attached hydrogens (tertiary/aromatic N) is 3. The Morgan fingerprint density at radius 3 is 2.69 bits per heavy atom. The van der Waals surface area contributed by atoms with Crippen molar-refractivity contribution >= 4 is 18.0 Å². The number of piperidine rings is 1. The summed E-state index contributed by atoms with van der Waals surface area (Å²) in [7, 11) is 0. The minimum absolute atomic E-state index is 0.0443. The summed E-state index contributed by atoms with van der Waals surface area (Å²) >= 11 is 0. The van der Waals surface area contributed by atoms with Gasteiger partial charge in [-0.05, 0) is 57.9 Å². The van der Waals surface area contributed by atoms with Gasteiger partial charge in [0, 0.05) is 12.1 Å². The minimum Gasteiger partial charge on any atom is -0.444 e. The van der Waals surface area contributed by atoms with Crippen molar-refractivity contribution in [2.75, 3.05) is 13.1 Å². The molecule has 2 aliphatic rings. The van der Waals surface area contributed by atoms with E-state index in [9.17, 15) is 18.8 Å². The summed E-state index contributed by atoms with van der Waals surface area (Å²) in [5.41, 5.74) is -0.891. The standard InChI is InChI=1S/C22H25FN4O5/c1-21(2,3)32-20(30)26-10-4-9-22(13-26)18(28)27(19(29)25-22)11-16-12-31-17(24-16)14-5-7-15(23)8-6-14/h5-8,12H,4,9-11,13H2,1-3H3,(H,25,29). The van der Waals surface area contributed by atoms with Crippen LogP contribution in [0.4, 0.5) is 14.0 Å². The van der Waals surface area contributed by atoms with E-state index in [1.807, 2.05) is 0 Å². The number of amides is 4. The number of hydrogen-bond acceptors (Lipinski definition) is 6. The van der Waals surface area contributed by atoms with Crippen LogP contribution in [0.15, 0.2) is 34.9 Å². The summed E-state index contributed by atoms with van der Waals surface area (Å²) in [5, 5.41) is 2.77. The number of urea groups is 1. The monoisotopic (exact) mass is 444 g/mol. The number of nitrogens with one attached hydrogen (secondary N) is 1. The smallest absolute Gasteiger partial charge is 0.410 e. The summed E-state index contributed by atoms with van der Waals surface area (Å²) in [6.45, 7) is 5.73. The van der Waals surface area contributed by atoms with Crippen molar-refractivity contribution < 1.29 is 27.9 Å². The van der Waals surface area contributed by atoms with Crippen molar-refractivity contribution in [1.29, 1.82) is 0 Å². The van der Waals surface area contributed by atoms with Crippen LogP contribution in [0.5, 0.6) is 0 Å². The lowest BCUT2D eigenvalue weighted by Gasteiger charge is -2.38.